The average Bonchev–Trinajstić information content (AvgIpc) is 3.29. The van der Waals surface area contributed by atoms with Gasteiger partial charge >= 0.3 is 0 Å². The molecule has 31 heavy (non-hydrogen) atoms. The van der Waals surface area contributed by atoms with Gasteiger partial charge in [-0.15, -0.1) is 0 Å². The highest BCUT2D eigenvalue weighted by molar-refractivity contribution is 5.76. The molecule has 2 N–H and O–H groups in total. The summed E-state index contributed by atoms with van der Waals surface area (Å²) in [6, 6.07) is 0. The van der Waals surface area contributed by atoms with Gasteiger partial charge in [-0.05, 0) is 50.4 Å². The number of hydrogen-bond donors (Lipinski definition) is 2. The van der Waals surface area contributed by atoms with Crippen molar-refractivity contribution in [1.29, 1.82) is 0 Å². The van der Waals surface area contributed by atoms with Crippen molar-refractivity contribution in [2.75, 3.05) is 26.3 Å². The van der Waals surface area contributed by atoms with Gasteiger partial charge in [0.25, 0.3) is 0 Å². The predicted octanol–water partition coefficient (Wildman–Crippen LogP) is 4.24. The van der Waals surface area contributed by atoms with Crippen LogP contribution in [-0.4, -0.2) is 59.5 Å². The van der Waals surface area contributed by atoms with Gasteiger partial charge in [0, 0.05) is 25.4 Å². The molecule has 3 aliphatic rings. The second kappa shape index (κ2) is 12.8. The molecule has 0 aromatic heterocycles. The van der Waals surface area contributed by atoms with E-state index in [1.807, 2.05) is 11.0 Å². The Morgan fingerprint density at radius 2 is 2.03 bits per heavy atom. The summed E-state index contributed by atoms with van der Waals surface area (Å²) in [5.74, 6) is 1.43. The first-order chi connectivity index (χ1) is 15.1. The fourth-order valence-corrected chi connectivity index (χ4v) is 5.52. The lowest BCUT2D eigenvalue weighted by atomic mass is 9.88. The summed E-state index contributed by atoms with van der Waals surface area (Å²) < 4.78 is 5.31. The number of nitrogens with zero attached hydrogens (tertiary/aromatic N) is 1. The van der Waals surface area contributed by atoms with Crippen LogP contribution in [0.3, 0.4) is 0 Å². The van der Waals surface area contributed by atoms with Crippen molar-refractivity contribution in [2.45, 2.75) is 89.8 Å². The van der Waals surface area contributed by atoms with Crippen molar-refractivity contribution in [1.82, 2.24) is 4.90 Å². The van der Waals surface area contributed by atoms with Crippen molar-refractivity contribution < 1.29 is 19.7 Å². The predicted molar refractivity (Wildman–Crippen MR) is 124 cm³/mol. The number of aliphatic hydroxyl groups excluding tert-OH is 2. The molecule has 5 atom stereocenters. The largest absolute Gasteiger partial charge is 0.392 e. The van der Waals surface area contributed by atoms with Gasteiger partial charge in [-0.2, -0.15) is 0 Å². The Bertz CT molecular complexity index is 611. The average molecular weight is 434 g/mol. The van der Waals surface area contributed by atoms with Gasteiger partial charge < -0.3 is 19.8 Å². The van der Waals surface area contributed by atoms with Crippen LogP contribution in [-0.2, 0) is 9.53 Å². The number of hydrogen-bond acceptors (Lipinski definition) is 4. The van der Waals surface area contributed by atoms with Crippen molar-refractivity contribution in [3.05, 3.63) is 23.8 Å². The second-order valence-electron chi connectivity index (χ2n) is 9.74. The van der Waals surface area contributed by atoms with Gasteiger partial charge in [0.2, 0.25) is 5.91 Å². The molecule has 1 aliphatic heterocycles. The van der Waals surface area contributed by atoms with E-state index in [1.54, 1.807) is 0 Å². The zero-order valence-electron chi connectivity index (χ0n) is 19.4. The standard InChI is InChI=1S/C26H43NO4/c1-2-3-5-9-22(28)11-12-23-24-18-20(17-21(24)19-25(23)29)8-6-4-7-10-26(30)27-13-15-31-16-14-27/h11-12,17,21-25,28-29H,2-10,13-16,18-19H2,1H3/t21-,22-,23+,24-,25+/m0/s1. The Hall–Kier alpha value is -1.17. The second-order valence-corrected chi connectivity index (χ2v) is 9.74. The fourth-order valence-electron chi connectivity index (χ4n) is 5.52. The molecule has 2 fully saturated rings. The van der Waals surface area contributed by atoms with Crippen LogP contribution >= 0.6 is 0 Å². The minimum Gasteiger partial charge on any atom is -0.392 e. The van der Waals surface area contributed by atoms with Crippen LogP contribution in [0.15, 0.2) is 23.8 Å². The molecule has 1 saturated heterocycles. The molecule has 1 saturated carbocycles. The third-order valence-corrected chi connectivity index (χ3v) is 7.36. The van der Waals surface area contributed by atoms with Crippen LogP contribution in [0.25, 0.3) is 0 Å². The summed E-state index contributed by atoms with van der Waals surface area (Å²) in [7, 11) is 0. The molecule has 176 valence electrons. The van der Waals surface area contributed by atoms with E-state index in [4.69, 9.17) is 4.74 Å². The van der Waals surface area contributed by atoms with Gasteiger partial charge in [-0.3, -0.25) is 4.79 Å². The maximum atomic E-state index is 12.2. The first-order valence-electron chi connectivity index (χ1n) is 12.7. The highest BCUT2D eigenvalue weighted by atomic mass is 16.5. The van der Waals surface area contributed by atoms with Crippen molar-refractivity contribution in [3.8, 4) is 0 Å². The zero-order valence-corrected chi connectivity index (χ0v) is 19.4. The lowest BCUT2D eigenvalue weighted by molar-refractivity contribution is -0.135. The van der Waals surface area contributed by atoms with Gasteiger partial charge in [0.05, 0.1) is 25.4 Å². The first kappa shape index (κ1) is 24.5. The third-order valence-electron chi connectivity index (χ3n) is 7.36. The van der Waals surface area contributed by atoms with Crippen molar-refractivity contribution in [2.24, 2.45) is 17.8 Å². The van der Waals surface area contributed by atoms with Crippen LogP contribution in [0.4, 0.5) is 0 Å². The number of carbonyl (C=O) groups is 1. The van der Waals surface area contributed by atoms with E-state index in [0.717, 1.165) is 70.9 Å². The number of fused-ring (bicyclic) bond motifs is 1. The smallest absolute Gasteiger partial charge is 0.222 e. The Morgan fingerprint density at radius 3 is 2.81 bits per heavy atom. The minimum absolute atomic E-state index is 0.172. The van der Waals surface area contributed by atoms with E-state index in [-0.39, 0.29) is 24.0 Å². The summed E-state index contributed by atoms with van der Waals surface area (Å²) in [5.41, 5.74) is 1.53. The molecular weight excluding hydrogens is 390 g/mol. The Kier molecular flexibility index (Phi) is 10.1. The molecule has 1 heterocycles. The summed E-state index contributed by atoms with van der Waals surface area (Å²) >= 11 is 0. The van der Waals surface area contributed by atoms with E-state index < -0.39 is 0 Å². The molecule has 5 heteroatoms. The highest BCUT2D eigenvalue weighted by Gasteiger charge is 2.43. The highest BCUT2D eigenvalue weighted by Crippen LogP contribution is 2.48. The molecule has 0 bridgehead atoms. The quantitative estimate of drug-likeness (QED) is 0.357. The number of carbonyl (C=O) groups excluding carboxylic acids is 1. The zero-order chi connectivity index (χ0) is 22.1. The molecule has 3 rings (SSSR count). The summed E-state index contributed by atoms with van der Waals surface area (Å²) in [6.07, 6.45) is 16.9. The molecular formula is C26H43NO4. The molecule has 5 nitrogen and oxygen atoms in total. The topological polar surface area (TPSA) is 70.0 Å². The van der Waals surface area contributed by atoms with E-state index >= 15 is 0 Å². The third kappa shape index (κ3) is 7.44. The van der Waals surface area contributed by atoms with E-state index in [1.165, 1.54) is 12.0 Å². The van der Waals surface area contributed by atoms with Crippen molar-refractivity contribution in [3.63, 3.8) is 0 Å². The summed E-state index contributed by atoms with van der Waals surface area (Å²) in [5, 5.41) is 20.7. The SMILES string of the molecule is CCCCC[C@H](O)C=C[C@@H]1[C@H]2CC(CCCCCC(=O)N3CCOCC3)=C[C@H]2C[C@H]1O. The number of rotatable bonds is 12. The molecule has 0 radical (unpaired) electrons. The summed E-state index contributed by atoms with van der Waals surface area (Å²) in [4.78, 5) is 14.1. The molecule has 2 aliphatic carbocycles. The van der Waals surface area contributed by atoms with E-state index in [9.17, 15) is 15.0 Å². The number of amides is 1. The monoisotopic (exact) mass is 433 g/mol. The maximum absolute atomic E-state index is 12.2. The molecule has 0 aromatic rings. The minimum atomic E-state index is -0.383. The fraction of sp³-hybridized carbons (Fsp3) is 0.808. The van der Waals surface area contributed by atoms with Crippen LogP contribution < -0.4 is 0 Å². The van der Waals surface area contributed by atoms with Crippen molar-refractivity contribution >= 4 is 5.91 Å². The lowest BCUT2D eigenvalue weighted by Gasteiger charge is -2.26. The molecule has 0 spiro atoms. The number of morpholine rings is 1. The van der Waals surface area contributed by atoms with Gasteiger partial charge in [-0.25, -0.2) is 0 Å². The van der Waals surface area contributed by atoms with Crippen LogP contribution in [0.5, 0.6) is 0 Å². The summed E-state index contributed by atoms with van der Waals surface area (Å²) in [6.45, 7) is 5.00. The van der Waals surface area contributed by atoms with Crippen LogP contribution in [0.2, 0.25) is 0 Å². The number of aliphatic hydroxyl groups is 2. The normalized spacial score (nSPS) is 29.4. The Morgan fingerprint density at radius 1 is 1.23 bits per heavy atom. The molecule has 0 aromatic carbocycles. The molecule has 1 amide bonds. The van der Waals surface area contributed by atoms with Gasteiger partial charge in [0.1, 0.15) is 0 Å². The van der Waals surface area contributed by atoms with Crippen LogP contribution in [0.1, 0.15) is 77.6 Å². The van der Waals surface area contributed by atoms with E-state index in [0.29, 0.717) is 31.5 Å². The maximum Gasteiger partial charge on any atom is 0.222 e. The van der Waals surface area contributed by atoms with Crippen LogP contribution in [0, 0.1) is 17.8 Å². The number of unbranched alkanes of at least 4 members (excludes halogenated alkanes) is 4. The Labute approximate surface area is 188 Å². The Balaban J connectivity index is 1.33. The lowest BCUT2D eigenvalue weighted by Crippen LogP contribution is -2.40. The number of allylic oxidation sites excluding steroid dienone is 2. The van der Waals surface area contributed by atoms with Gasteiger partial charge in [0.15, 0.2) is 0 Å². The molecule has 0 unspecified atom stereocenters. The first-order valence-corrected chi connectivity index (χ1v) is 12.7. The van der Waals surface area contributed by atoms with E-state index in [2.05, 4.69) is 19.1 Å². The number of ether oxygens (including phenoxy) is 1. The van der Waals surface area contributed by atoms with Gasteiger partial charge in [-0.1, -0.05) is 56.4 Å².